The van der Waals surface area contributed by atoms with E-state index in [-0.39, 0.29) is 34.9 Å². The van der Waals surface area contributed by atoms with Gasteiger partial charge < -0.3 is 34.2 Å². The average molecular weight is 523 g/mol. The standard InChI is InChI=1S/C24H43O2S.HI/c1-3-5-6-7-8-9-10-11-12-16-19-24(25,26)22-27(20-4-2)21-23-17-14-13-15-18-23;/h13-15,17-18,25-26H,3-12,16,19-22H2,1-2H3;1H/q+1;/p-1. The van der Waals surface area contributed by atoms with E-state index < -0.39 is 5.79 Å². The van der Waals surface area contributed by atoms with Gasteiger partial charge in [-0.15, -0.1) is 0 Å². The summed E-state index contributed by atoms with van der Waals surface area (Å²) in [5.41, 5.74) is 1.31. The fourth-order valence-electron chi connectivity index (χ4n) is 3.59. The Labute approximate surface area is 194 Å². The van der Waals surface area contributed by atoms with Gasteiger partial charge in [-0.1, -0.05) is 102 Å². The first-order chi connectivity index (χ1) is 13.1. The number of halogens is 1. The van der Waals surface area contributed by atoms with Gasteiger partial charge in [-0.05, 0) is 23.7 Å². The summed E-state index contributed by atoms with van der Waals surface area (Å²) < 4.78 is 0. The Morgan fingerprint density at radius 2 is 1.29 bits per heavy atom. The molecule has 1 rings (SSSR count). The van der Waals surface area contributed by atoms with E-state index in [1.165, 1.54) is 56.9 Å². The second-order valence-electron chi connectivity index (χ2n) is 8.01. The third kappa shape index (κ3) is 15.1. The predicted molar refractivity (Wildman–Crippen MR) is 121 cm³/mol. The Hall–Kier alpha value is 0.220. The quantitative estimate of drug-likeness (QED) is 0.143. The number of hydrogen-bond acceptors (Lipinski definition) is 2. The van der Waals surface area contributed by atoms with Gasteiger partial charge in [0, 0.05) is 12.0 Å². The van der Waals surface area contributed by atoms with E-state index in [9.17, 15) is 10.2 Å². The smallest absolute Gasteiger partial charge is 0.208 e. The molecular formula is C24H43IO2S. The highest BCUT2D eigenvalue weighted by Crippen LogP contribution is 2.20. The minimum absolute atomic E-state index is 0. The molecule has 0 aliphatic carbocycles. The predicted octanol–water partition coefficient (Wildman–Crippen LogP) is 3.21. The molecule has 0 amide bonds. The Bertz CT molecular complexity index is 453. The topological polar surface area (TPSA) is 40.5 Å². The zero-order valence-corrected chi connectivity index (χ0v) is 21.1. The molecule has 0 saturated heterocycles. The van der Waals surface area contributed by atoms with Crippen molar-refractivity contribution in [3.63, 3.8) is 0 Å². The van der Waals surface area contributed by atoms with Gasteiger partial charge in [0.15, 0.2) is 5.75 Å². The lowest BCUT2D eigenvalue weighted by Crippen LogP contribution is -3.00. The second kappa shape index (κ2) is 18.0. The van der Waals surface area contributed by atoms with Crippen LogP contribution in [0, 0.1) is 0 Å². The van der Waals surface area contributed by atoms with Gasteiger partial charge in [-0.25, -0.2) is 0 Å². The van der Waals surface area contributed by atoms with Crippen LogP contribution in [0.4, 0.5) is 0 Å². The van der Waals surface area contributed by atoms with Gasteiger partial charge in [-0.2, -0.15) is 0 Å². The van der Waals surface area contributed by atoms with Crippen molar-refractivity contribution >= 4 is 10.9 Å². The number of rotatable bonds is 17. The molecule has 2 N–H and O–H groups in total. The molecule has 164 valence electrons. The van der Waals surface area contributed by atoms with Crippen LogP contribution in [0.1, 0.15) is 96.5 Å². The normalized spacial score (nSPS) is 12.6. The number of hydrogen-bond donors (Lipinski definition) is 2. The molecule has 1 aromatic rings. The summed E-state index contributed by atoms with van der Waals surface area (Å²) in [6.07, 6.45) is 14.4. The highest BCUT2D eigenvalue weighted by molar-refractivity contribution is 7.96. The Kier molecular flexibility index (Phi) is 18.2. The van der Waals surface area contributed by atoms with E-state index in [2.05, 4.69) is 38.1 Å². The Morgan fingerprint density at radius 3 is 1.82 bits per heavy atom. The van der Waals surface area contributed by atoms with Crippen molar-refractivity contribution in [3.8, 4) is 0 Å². The third-order valence-electron chi connectivity index (χ3n) is 5.07. The van der Waals surface area contributed by atoms with Crippen LogP contribution in [0.15, 0.2) is 30.3 Å². The van der Waals surface area contributed by atoms with Crippen LogP contribution in [0.2, 0.25) is 0 Å². The lowest BCUT2D eigenvalue weighted by atomic mass is 10.0. The summed E-state index contributed by atoms with van der Waals surface area (Å²) in [6.45, 7) is 4.44. The zero-order valence-electron chi connectivity index (χ0n) is 18.2. The summed E-state index contributed by atoms with van der Waals surface area (Å²) in [6, 6.07) is 10.5. The molecule has 4 heteroatoms. The molecule has 0 aliphatic rings. The van der Waals surface area contributed by atoms with Crippen LogP contribution in [0.5, 0.6) is 0 Å². The van der Waals surface area contributed by atoms with Crippen molar-refractivity contribution < 1.29 is 34.2 Å². The van der Waals surface area contributed by atoms with Crippen molar-refractivity contribution in [1.82, 2.24) is 0 Å². The van der Waals surface area contributed by atoms with Gasteiger partial charge in [0.2, 0.25) is 5.79 Å². The molecule has 0 heterocycles. The molecule has 28 heavy (non-hydrogen) atoms. The number of aliphatic hydroxyl groups is 2. The maximum absolute atomic E-state index is 10.5. The van der Waals surface area contributed by atoms with Crippen LogP contribution in [-0.2, 0) is 16.6 Å². The van der Waals surface area contributed by atoms with E-state index in [1.807, 2.05) is 6.07 Å². The van der Waals surface area contributed by atoms with Gasteiger partial charge in [-0.3, -0.25) is 0 Å². The van der Waals surface area contributed by atoms with Crippen molar-refractivity contribution in [1.29, 1.82) is 0 Å². The zero-order chi connectivity index (χ0) is 19.8. The van der Waals surface area contributed by atoms with E-state index in [1.54, 1.807) is 0 Å². The molecule has 0 aromatic heterocycles. The first-order valence-corrected chi connectivity index (χ1v) is 12.9. The molecule has 0 fully saturated rings. The number of benzene rings is 1. The summed E-state index contributed by atoms with van der Waals surface area (Å²) in [5.74, 6) is 1.08. The summed E-state index contributed by atoms with van der Waals surface area (Å²) in [4.78, 5) is 0. The molecule has 0 bridgehead atoms. The summed E-state index contributed by atoms with van der Waals surface area (Å²) >= 11 is 0. The molecule has 1 aromatic carbocycles. The maximum atomic E-state index is 10.5. The second-order valence-corrected chi connectivity index (χ2v) is 10.2. The third-order valence-corrected chi connectivity index (χ3v) is 7.67. The molecule has 1 unspecified atom stereocenters. The van der Waals surface area contributed by atoms with Crippen LogP contribution in [0.25, 0.3) is 0 Å². The van der Waals surface area contributed by atoms with Gasteiger partial charge in [0.05, 0.1) is 0 Å². The van der Waals surface area contributed by atoms with E-state index >= 15 is 0 Å². The van der Waals surface area contributed by atoms with Gasteiger partial charge >= 0.3 is 0 Å². The lowest BCUT2D eigenvalue weighted by molar-refractivity contribution is -0.146. The molecular weight excluding hydrogens is 479 g/mol. The van der Waals surface area contributed by atoms with E-state index in [4.69, 9.17) is 0 Å². The van der Waals surface area contributed by atoms with Crippen molar-refractivity contribution in [2.24, 2.45) is 0 Å². The Morgan fingerprint density at radius 1 is 0.750 bits per heavy atom. The minimum Gasteiger partial charge on any atom is -1.00 e. The molecule has 0 saturated carbocycles. The maximum Gasteiger partial charge on any atom is 0.208 e. The lowest BCUT2D eigenvalue weighted by Gasteiger charge is -2.22. The summed E-state index contributed by atoms with van der Waals surface area (Å²) in [5, 5.41) is 21.0. The first kappa shape index (κ1) is 28.2. The first-order valence-electron chi connectivity index (χ1n) is 11.2. The van der Waals surface area contributed by atoms with Crippen LogP contribution in [-0.4, -0.2) is 27.5 Å². The molecule has 0 aliphatic heterocycles. The van der Waals surface area contributed by atoms with Crippen LogP contribution in [0.3, 0.4) is 0 Å². The van der Waals surface area contributed by atoms with E-state index in [0.717, 1.165) is 30.8 Å². The molecule has 0 radical (unpaired) electrons. The van der Waals surface area contributed by atoms with Crippen molar-refractivity contribution in [2.75, 3.05) is 11.5 Å². The fourth-order valence-corrected chi connectivity index (χ4v) is 6.02. The van der Waals surface area contributed by atoms with Crippen LogP contribution >= 0.6 is 0 Å². The van der Waals surface area contributed by atoms with Gasteiger partial charge in [0.1, 0.15) is 11.5 Å². The van der Waals surface area contributed by atoms with Gasteiger partial charge in [0.25, 0.3) is 0 Å². The molecule has 0 spiro atoms. The van der Waals surface area contributed by atoms with Crippen molar-refractivity contribution in [2.45, 2.75) is 102 Å². The number of unbranched alkanes of at least 4 members (excludes halogenated alkanes) is 9. The highest BCUT2D eigenvalue weighted by atomic mass is 127. The highest BCUT2D eigenvalue weighted by Gasteiger charge is 2.33. The average Bonchev–Trinajstić information content (AvgIpc) is 2.64. The SMILES string of the molecule is CCCCCCCCCCCCC(O)(O)C[S+](CCC)Cc1ccccc1.[I-]. The minimum atomic E-state index is -1.49. The van der Waals surface area contributed by atoms with Crippen LogP contribution < -0.4 is 24.0 Å². The molecule has 1 atom stereocenters. The van der Waals surface area contributed by atoms with E-state index in [0.29, 0.717) is 12.2 Å². The molecule has 2 nitrogen and oxygen atoms in total. The summed E-state index contributed by atoms with van der Waals surface area (Å²) in [7, 11) is 0.0405. The largest absolute Gasteiger partial charge is 1.00 e. The monoisotopic (exact) mass is 522 g/mol. The fraction of sp³-hybridized carbons (Fsp3) is 0.750. The Balaban J connectivity index is 0.00000729. The van der Waals surface area contributed by atoms with Crippen molar-refractivity contribution in [3.05, 3.63) is 35.9 Å².